The van der Waals surface area contributed by atoms with Crippen molar-refractivity contribution in [2.24, 2.45) is 0 Å². The third kappa shape index (κ3) is 3.88. The van der Waals surface area contributed by atoms with E-state index in [9.17, 15) is 18.0 Å². The Morgan fingerprint density at radius 1 is 1.28 bits per heavy atom. The topological polar surface area (TPSA) is 63.1 Å². The first-order valence-corrected chi connectivity index (χ1v) is 7.53. The van der Waals surface area contributed by atoms with E-state index in [1.165, 1.54) is 23.2 Å². The molecule has 11 heteroatoms. The molecule has 25 heavy (non-hydrogen) atoms. The predicted octanol–water partition coefficient (Wildman–Crippen LogP) is 2.41. The molecular formula is C14H14Cl2F3N5O. The minimum absolute atomic E-state index is 0. The number of carbonyl (C=O) groups is 1. The van der Waals surface area contributed by atoms with Gasteiger partial charge in [0.05, 0.1) is 16.8 Å². The summed E-state index contributed by atoms with van der Waals surface area (Å²) in [7, 11) is 0. The molecule has 0 aromatic carbocycles. The van der Waals surface area contributed by atoms with Crippen molar-refractivity contribution in [1.29, 1.82) is 0 Å². The molecule has 0 radical (unpaired) electrons. The van der Waals surface area contributed by atoms with Crippen LogP contribution in [0.2, 0.25) is 5.02 Å². The summed E-state index contributed by atoms with van der Waals surface area (Å²) in [5.41, 5.74) is -1.68. The lowest BCUT2D eigenvalue weighted by atomic mass is 10.2. The molecule has 2 aromatic heterocycles. The van der Waals surface area contributed by atoms with Gasteiger partial charge in [0.25, 0.3) is 5.91 Å². The lowest BCUT2D eigenvalue weighted by molar-refractivity contribution is -0.143. The van der Waals surface area contributed by atoms with Gasteiger partial charge in [-0.3, -0.25) is 4.79 Å². The van der Waals surface area contributed by atoms with Crippen LogP contribution in [0.4, 0.5) is 13.2 Å². The minimum atomic E-state index is -4.78. The second kappa shape index (κ2) is 7.59. The lowest BCUT2D eigenvalue weighted by Crippen LogP contribution is -2.46. The van der Waals surface area contributed by atoms with Crippen LogP contribution in [0.25, 0.3) is 5.82 Å². The van der Waals surface area contributed by atoms with Gasteiger partial charge in [0.1, 0.15) is 0 Å². The number of piperazine rings is 1. The van der Waals surface area contributed by atoms with E-state index in [-0.39, 0.29) is 23.2 Å². The van der Waals surface area contributed by atoms with Gasteiger partial charge in [-0.05, 0) is 12.1 Å². The van der Waals surface area contributed by atoms with Crippen molar-refractivity contribution in [3.8, 4) is 5.82 Å². The van der Waals surface area contributed by atoms with E-state index in [1.807, 2.05) is 0 Å². The van der Waals surface area contributed by atoms with Crippen molar-refractivity contribution >= 4 is 29.9 Å². The molecule has 0 spiro atoms. The molecule has 0 saturated carbocycles. The van der Waals surface area contributed by atoms with E-state index in [4.69, 9.17) is 11.6 Å². The van der Waals surface area contributed by atoms with E-state index in [2.05, 4.69) is 15.4 Å². The summed E-state index contributed by atoms with van der Waals surface area (Å²) < 4.78 is 41.3. The molecule has 2 aromatic rings. The van der Waals surface area contributed by atoms with Gasteiger partial charge in [0.2, 0.25) is 0 Å². The maximum Gasteiger partial charge on any atom is 0.434 e. The molecule has 0 aliphatic carbocycles. The summed E-state index contributed by atoms with van der Waals surface area (Å²) >= 11 is 5.92. The smallest absolute Gasteiger partial charge is 0.336 e. The number of carbonyl (C=O) groups excluding carboxylic acids is 1. The number of pyridine rings is 1. The molecule has 0 bridgehead atoms. The van der Waals surface area contributed by atoms with Gasteiger partial charge < -0.3 is 10.2 Å². The van der Waals surface area contributed by atoms with Gasteiger partial charge in [0, 0.05) is 32.4 Å². The van der Waals surface area contributed by atoms with Crippen LogP contribution in [0.1, 0.15) is 16.1 Å². The Balaban J connectivity index is 0.00000225. The summed E-state index contributed by atoms with van der Waals surface area (Å²) in [5.74, 6) is -0.881. The summed E-state index contributed by atoms with van der Waals surface area (Å²) in [6.07, 6.45) is -2.56. The molecule has 0 unspecified atom stereocenters. The molecule has 6 nitrogen and oxygen atoms in total. The largest absolute Gasteiger partial charge is 0.434 e. The highest BCUT2D eigenvalue weighted by molar-refractivity contribution is 6.32. The van der Waals surface area contributed by atoms with Crippen molar-refractivity contribution in [2.75, 3.05) is 26.2 Å². The molecule has 3 rings (SSSR count). The van der Waals surface area contributed by atoms with Crippen LogP contribution in [0.15, 0.2) is 24.5 Å². The first-order chi connectivity index (χ1) is 11.4. The number of nitrogens with zero attached hydrogens (tertiary/aromatic N) is 4. The zero-order chi connectivity index (χ0) is 17.3. The van der Waals surface area contributed by atoms with Crippen molar-refractivity contribution in [3.63, 3.8) is 0 Å². The van der Waals surface area contributed by atoms with Crippen LogP contribution >= 0.6 is 24.0 Å². The van der Waals surface area contributed by atoms with Crippen molar-refractivity contribution < 1.29 is 18.0 Å². The maximum absolute atomic E-state index is 13.6. The molecule has 1 aliphatic rings. The third-order valence-electron chi connectivity index (χ3n) is 3.61. The van der Waals surface area contributed by atoms with Gasteiger partial charge in [-0.15, -0.1) is 12.4 Å². The normalized spacial score (nSPS) is 15.0. The van der Waals surface area contributed by atoms with Gasteiger partial charge in [-0.1, -0.05) is 11.6 Å². The first-order valence-electron chi connectivity index (χ1n) is 7.15. The first kappa shape index (κ1) is 19.5. The molecule has 136 valence electrons. The number of hydrogen-bond acceptors (Lipinski definition) is 4. The van der Waals surface area contributed by atoms with E-state index >= 15 is 0 Å². The Bertz CT molecular complexity index is 759. The van der Waals surface area contributed by atoms with Crippen LogP contribution in [0.3, 0.4) is 0 Å². The standard InChI is InChI=1S/C14H13ClF3N5O.ClH/c15-10-2-1-3-20-12(10)23-11(14(16,17)18)9(8-21-23)13(24)22-6-4-19-5-7-22;/h1-3,8,19H,4-7H2;1H. The van der Waals surface area contributed by atoms with Crippen molar-refractivity contribution in [1.82, 2.24) is 25.0 Å². The summed E-state index contributed by atoms with van der Waals surface area (Å²) in [6, 6.07) is 2.90. The Labute approximate surface area is 152 Å². The molecule has 1 amide bonds. The molecule has 3 heterocycles. The van der Waals surface area contributed by atoms with Crippen LogP contribution in [-0.2, 0) is 6.18 Å². The van der Waals surface area contributed by atoms with Crippen LogP contribution in [-0.4, -0.2) is 51.8 Å². The molecule has 1 fully saturated rings. The summed E-state index contributed by atoms with van der Waals surface area (Å²) in [4.78, 5) is 17.7. The van der Waals surface area contributed by atoms with Gasteiger partial charge in [-0.2, -0.15) is 18.3 Å². The highest BCUT2D eigenvalue weighted by atomic mass is 35.5. The van der Waals surface area contributed by atoms with Crippen molar-refractivity contribution in [3.05, 3.63) is 40.8 Å². The van der Waals surface area contributed by atoms with E-state index in [0.717, 1.165) is 6.20 Å². The number of aromatic nitrogens is 3. The zero-order valence-corrected chi connectivity index (χ0v) is 14.3. The number of halogens is 5. The average Bonchev–Trinajstić information content (AvgIpc) is 3.00. The van der Waals surface area contributed by atoms with Gasteiger partial charge in [-0.25, -0.2) is 9.67 Å². The Morgan fingerprint density at radius 2 is 1.96 bits per heavy atom. The van der Waals surface area contributed by atoms with E-state index in [1.54, 1.807) is 0 Å². The SMILES string of the molecule is Cl.O=C(c1cnn(-c2ncccc2Cl)c1C(F)(F)F)N1CCNCC1. The molecule has 0 atom stereocenters. The highest BCUT2D eigenvalue weighted by Gasteiger charge is 2.42. The number of nitrogens with one attached hydrogen (secondary N) is 1. The van der Waals surface area contributed by atoms with Crippen LogP contribution in [0, 0.1) is 0 Å². The zero-order valence-electron chi connectivity index (χ0n) is 12.8. The number of rotatable bonds is 2. The van der Waals surface area contributed by atoms with Gasteiger partial charge >= 0.3 is 6.18 Å². The molecule has 1 aliphatic heterocycles. The number of amides is 1. The Kier molecular flexibility index (Phi) is 5.91. The lowest BCUT2D eigenvalue weighted by Gasteiger charge is -2.27. The quantitative estimate of drug-likeness (QED) is 0.847. The number of alkyl halides is 3. The minimum Gasteiger partial charge on any atom is -0.336 e. The monoisotopic (exact) mass is 395 g/mol. The fraction of sp³-hybridized carbons (Fsp3) is 0.357. The second-order valence-corrected chi connectivity index (χ2v) is 5.57. The maximum atomic E-state index is 13.6. The van der Waals surface area contributed by atoms with Crippen LogP contribution < -0.4 is 5.32 Å². The highest BCUT2D eigenvalue weighted by Crippen LogP contribution is 2.35. The van der Waals surface area contributed by atoms with Gasteiger partial charge in [0.15, 0.2) is 11.5 Å². The van der Waals surface area contributed by atoms with E-state index < -0.39 is 23.3 Å². The number of hydrogen-bond donors (Lipinski definition) is 1. The molecular weight excluding hydrogens is 382 g/mol. The van der Waals surface area contributed by atoms with Crippen LogP contribution in [0.5, 0.6) is 0 Å². The van der Waals surface area contributed by atoms with E-state index in [0.29, 0.717) is 30.9 Å². The fourth-order valence-corrected chi connectivity index (χ4v) is 2.71. The molecule has 1 saturated heterocycles. The third-order valence-corrected chi connectivity index (χ3v) is 3.91. The Morgan fingerprint density at radius 3 is 2.56 bits per heavy atom. The average molecular weight is 396 g/mol. The van der Waals surface area contributed by atoms with Crippen molar-refractivity contribution in [2.45, 2.75) is 6.18 Å². The second-order valence-electron chi connectivity index (χ2n) is 5.17. The predicted molar refractivity (Wildman–Crippen MR) is 87.4 cm³/mol. The fourth-order valence-electron chi connectivity index (χ4n) is 2.51. The summed E-state index contributed by atoms with van der Waals surface area (Å²) in [6.45, 7) is 1.75. The molecule has 1 N–H and O–H groups in total. The summed E-state index contributed by atoms with van der Waals surface area (Å²) in [5, 5.41) is 6.76. The Hall–Kier alpha value is -1.84.